The van der Waals surface area contributed by atoms with Gasteiger partial charge in [0.1, 0.15) is 0 Å². The van der Waals surface area contributed by atoms with Crippen molar-refractivity contribution >= 4 is 12.1 Å². The molecule has 2 aliphatic heterocycles. The molecule has 0 spiro atoms. The Morgan fingerprint density at radius 1 is 1.00 bits per heavy atom. The molecule has 2 N–H and O–H groups in total. The van der Waals surface area contributed by atoms with Crippen molar-refractivity contribution in [3.8, 4) is 0 Å². The standard InChI is InChI=1S/C21H38N4O3/c1-3-28-20(27)23-15-11-21(2,12-16-23)24-13-9-18(10-14-24)25(19(22)26)17-7-5-4-6-8-17/h17-18H,3-16H2,1-2H3,(H2,22,26). The Bertz CT molecular complexity index is 534. The van der Waals surface area contributed by atoms with E-state index in [0.717, 1.165) is 64.7 Å². The van der Waals surface area contributed by atoms with E-state index in [1.807, 2.05) is 16.7 Å². The minimum absolute atomic E-state index is 0.121. The molecule has 3 rings (SSSR count). The lowest BCUT2D eigenvalue weighted by Gasteiger charge is -2.50. The van der Waals surface area contributed by atoms with Crippen molar-refractivity contribution in [2.45, 2.75) is 89.3 Å². The molecular formula is C21H38N4O3. The van der Waals surface area contributed by atoms with E-state index in [0.29, 0.717) is 12.6 Å². The highest BCUT2D eigenvalue weighted by molar-refractivity contribution is 5.72. The maximum atomic E-state index is 12.2. The van der Waals surface area contributed by atoms with E-state index in [2.05, 4.69) is 11.8 Å². The van der Waals surface area contributed by atoms with Crippen molar-refractivity contribution in [3.63, 3.8) is 0 Å². The molecule has 3 fully saturated rings. The molecule has 7 heteroatoms. The first kappa shape index (κ1) is 21.2. The van der Waals surface area contributed by atoms with Crippen LogP contribution in [0.2, 0.25) is 0 Å². The highest BCUT2D eigenvalue weighted by Crippen LogP contribution is 2.34. The number of nitrogens with zero attached hydrogens (tertiary/aromatic N) is 3. The van der Waals surface area contributed by atoms with E-state index >= 15 is 0 Å². The molecule has 160 valence electrons. The Hall–Kier alpha value is -1.50. The fourth-order valence-corrected chi connectivity index (χ4v) is 5.40. The zero-order chi connectivity index (χ0) is 20.1. The van der Waals surface area contributed by atoms with Gasteiger partial charge in [-0.05, 0) is 52.4 Å². The second-order valence-electron chi connectivity index (χ2n) is 8.94. The van der Waals surface area contributed by atoms with Gasteiger partial charge in [-0.15, -0.1) is 0 Å². The molecule has 28 heavy (non-hydrogen) atoms. The molecule has 1 saturated carbocycles. The van der Waals surface area contributed by atoms with Gasteiger partial charge in [0.05, 0.1) is 6.61 Å². The smallest absolute Gasteiger partial charge is 0.409 e. The third-order valence-electron chi connectivity index (χ3n) is 7.21. The monoisotopic (exact) mass is 394 g/mol. The second kappa shape index (κ2) is 9.33. The number of amides is 3. The summed E-state index contributed by atoms with van der Waals surface area (Å²) in [6.07, 6.45) is 9.65. The van der Waals surface area contributed by atoms with Gasteiger partial charge in [0.15, 0.2) is 0 Å². The number of ether oxygens (including phenoxy) is 1. The van der Waals surface area contributed by atoms with Gasteiger partial charge < -0.3 is 20.3 Å². The van der Waals surface area contributed by atoms with Crippen LogP contribution in [-0.2, 0) is 4.74 Å². The summed E-state index contributed by atoms with van der Waals surface area (Å²) < 4.78 is 5.14. The van der Waals surface area contributed by atoms with Crippen molar-refractivity contribution in [1.82, 2.24) is 14.7 Å². The molecule has 7 nitrogen and oxygen atoms in total. The van der Waals surface area contributed by atoms with Crippen molar-refractivity contribution in [2.75, 3.05) is 32.8 Å². The second-order valence-corrected chi connectivity index (χ2v) is 8.94. The molecule has 2 saturated heterocycles. The number of rotatable bonds is 4. The largest absolute Gasteiger partial charge is 0.450 e. The number of hydrogen-bond acceptors (Lipinski definition) is 4. The van der Waals surface area contributed by atoms with Crippen LogP contribution in [0.15, 0.2) is 0 Å². The van der Waals surface area contributed by atoms with Gasteiger partial charge in [0.2, 0.25) is 0 Å². The van der Waals surface area contributed by atoms with E-state index in [4.69, 9.17) is 10.5 Å². The van der Waals surface area contributed by atoms with Crippen LogP contribution in [0.4, 0.5) is 9.59 Å². The number of nitrogens with two attached hydrogens (primary N) is 1. The maximum Gasteiger partial charge on any atom is 0.409 e. The first-order valence-corrected chi connectivity index (χ1v) is 11.2. The van der Waals surface area contributed by atoms with Gasteiger partial charge in [-0.1, -0.05) is 19.3 Å². The number of carbonyl (C=O) groups excluding carboxylic acids is 2. The highest BCUT2D eigenvalue weighted by Gasteiger charge is 2.40. The topological polar surface area (TPSA) is 79.1 Å². The Morgan fingerprint density at radius 3 is 2.11 bits per heavy atom. The highest BCUT2D eigenvalue weighted by atomic mass is 16.6. The Morgan fingerprint density at radius 2 is 1.57 bits per heavy atom. The quantitative estimate of drug-likeness (QED) is 0.794. The van der Waals surface area contributed by atoms with Crippen LogP contribution in [0.3, 0.4) is 0 Å². The Labute approximate surface area is 169 Å². The van der Waals surface area contributed by atoms with Crippen LogP contribution in [0.25, 0.3) is 0 Å². The Kier molecular flexibility index (Phi) is 7.07. The van der Waals surface area contributed by atoms with E-state index in [1.54, 1.807) is 0 Å². The first-order valence-electron chi connectivity index (χ1n) is 11.2. The SMILES string of the molecule is CCOC(=O)N1CCC(C)(N2CCC(N(C(N)=O)C3CCCCC3)CC2)CC1. The van der Waals surface area contributed by atoms with E-state index in [1.165, 1.54) is 19.3 Å². The van der Waals surface area contributed by atoms with Crippen LogP contribution >= 0.6 is 0 Å². The Balaban J connectivity index is 1.53. The van der Waals surface area contributed by atoms with E-state index in [9.17, 15) is 9.59 Å². The van der Waals surface area contributed by atoms with Crippen LogP contribution < -0.4 is 5.73 Å². The van der Waals surface area contributed by atoms with Crippen LogP contribution in [0, 0.1) is 0 Å². The van der Waals surface area contributed by atoms with Crippen molar-refractivity contribution in [2.24, 2.45) is 5.73 Å². The summed E-state index contributed by atoms with van der Waals surface area (Å²) in [5, 5.41) is 0. The van der Waals surface area contributed by atoms with Gasteiger partial charge in [0, 0.05) is 43.8 Å². The number of carbonyl (C=O) groups is 2. The molecule has 1 aliphatic carbocycles. The maximum absolute atomic E-state index is 12.2. The number of likely N-dealkylation sites (tertiary alicyclic amines) is 2. The molecule has 0 bridgehead atoms. The normalized spacial score (nSPS) is 24.7. The van der Waals surface area contributed by atoms with Gasteiger partial charge in [0.25, 0.3) is 0 Å². The summed E-state index contributed by atoms with van der Waals surface area (Å²) in [6, 6.07) is 0.380. The van der Waals surface area contributed by atoms with Gasteiger partial charge in [-0.2, -0.15) is 0 Å². The average Bonchev–Trinajstić information content (AvgIpc) is 2.70. The van der Waals surface area contributed by atoms with Crippen molar-refractivity contribution in [1.29, 1.82) is 0 Å². The summed E-state index contributed by atoms with van der Waals surface area (Å²) in [5.74, 6) is 0. The lowest BCUT2D eigenvalue weighted by Crippen LogP contribution is -2.59. The third-order valence-corrected chi connectivity index (χ3v) is 7.21. The predicted molar refractivity (Wildman–Crippen MR) is 109 cm³/mol. The van der Waals surface area contributed by atoms with E-state index < -0.39 is 0 Å². The lowest BCUT2D eigenvalue weighted by atomic mass is 9.85. The molecule has 0 aromatic heterocycles. The summed E-state index contributed by atoms with van der Waals surface area (Å²) >= 11 is 0. The van der Waals surface area contributed by atoms with Crippen LogP contribution in [0.1, 0.15) is 71.6 Å². The third kappa shape index (κ3) is 4.73. The number of piperidine rings is 2. The molecular weight excluding hydrogens is 356 g/mol. The summed E-state index contributed by atoms with van der Waals surface area (Å²) in [6.45, 7) is 8.10. The zero-order valence-electron chi connectivity index (χ0n) is 17.7. The fraction of sp³-hybridized carbons (Fsp3) is 0.905. The molecule has 0 radical (unpaired) electrons. The number of primary amides is 1. The summed E-state index contributed by atoms with van der Waals surface area (Å²) in [4.78, 5) is 30.6. The number of hydrogen-bond donors (Lipinski definition) is 1. The molecule has 0 atom stereocenters. The first-order chi connectivity index (χ1) is 13.4. The van der Waals surface area contributed by atoms with Crippen LogP contribution in [0.5, 0.6) is 0 Å². The average molecular weight is 395 g/mol. The molecule has 2 heterocycles. The fourth-order valence-electron chi connectivity index (χ4n) is 5.40. The molecule has 0 aromatic carbocycles. The van der Waals surface area contributed by atoms with E-state index in [-0.39, 0.29) is 23.7 Å². The number of urea groups is 1. The van der Waals surface area contributed by atoms with Gasteiger partial charge in [-0.25, -0.2) is 9.59 Å². The minimum Gasteiger partial charge on any atom is -0.450 e. The zero-order valence-corrected chi connectivity index (χ0v) is 17.7. The molecule has 3 aliphatic rings. The lowest BCUT2D eigenvalue weighted by molar-refractivity contribution is -0.00115. The predicted octanol–water partition coefficient (Wildman–Crippen LogP) is 3.18. The van der Waals surface area contributed by atoms with Crippen molar-refractivity contribution in [3.05, 3.63) is 0 Å². The molecule has 3 amide bonds. The summed E-state index contributed by atoms with van der Waals surface area (Å²) in [5.41, 5.74) is 5.92. The molecule has 0 unspecified atom stereocenters. The van der Waals surface area contributed by atoms with Crippen molar-refractivity contribution < 1.29 is 14.3 Å². The van der Waals surface area contributed by atoms with Gasteiger partial charge >= 0.3 is 12.1 Å². The minimum atomic E-state index is -0.237. The molecule has 0 aromatic rings. The van der Waals surface area contributed by atoms with Gasteiger partial charge in [-0.3, -0.25) is 4.90 Å². The van der Waals surface area contributed by atoms with Crippen LogP contribution in [-0.4, -0.2) is 77.2 Å². The summed E-state index contributed by atoms with van der Waals surface area (Å²) in [7, 11) is 0.